The third kappa shape index (κ3) is 32.4. The third-order valence-electron chi connectivity index (χ3n) is 2.33. The van der Waals surface area contributed by atoms with E-state index in [0.717, 1.165) is 0 Å². The van der Waals surface area contributed by atoms with Crippen molar-refractivity contribution in [2.75, 3.05) is 46.3 Å². The van der Waals surface area contributed by atoms with Crippen molar-refractivity contribution in [1.82, 2.24) is 5.32 Å². The fraction of sp³-hybridized carbons (Fsp3) is 0.389. The normalized spacial score (nSPS) is 8.28. The van der Waals surface area contributed by atoms with E-state index in [2.05, 4.69) is 26.1 Å². The topological polar surface area (TPSA) is 64.6 Å². The number of ether oxygens (including phenoxy) is 2. The van der Waals surface area contributed by atoms with E-state index in [0.29, 0.717) is 31.9 Å². The summed E-state index contributed by atoms with van der Waals surface area (Å²) in [7, 11) is 0. The van der Waals surface area contributed by atoms with Gasteiger partial charge in [0.1, 0.15) is 12.5 Å². The number of carbonyl (C=O) groups is 2. The Morgan fingerprint density at radius 2 is 1.34 bits per heavy atom. The summed E-state index contributed by atoms with van der Waals surface area (Å²) in [4.78, 5) is 20.8. The Morgan fingerprint density at radius 3 is 1.72 bits per heavy atom. The van der Waals surface area contributed by atoms with Crippen LogP contribution >= 0.6 is 0 Å². The molecule has 1 amide bonds. The van der Waals surface area contributed by atoms with Crippen LogP contribution in [-0.4, -0.2) is 58.0 Å². The molecule has 0 aliphatic rings. The van der Waals surface area contributed by atoms with Crippen LogP contribution in [0.3, 0.4) is 0 Å². The van der Waals surface area contributed by atoms with Crippen LogP contribution in [0.5, 0.6) is 0 Å². The molecule has 3 radical (unpaired) electrons. The summed E-state index contributed by atoms with van der Waals surface area (Å²) in [6.45, 7) is 9.90. The van der Waals surface area contributed by atoms with Crippen LogP contribution in [0.4, 0.5) is 13.2 Å². The number of carbonyl (C=O) groups excluding carboxylic acids is 2. The van der Waals surface area contributed by atoms with Crippen molar-refractivity contribution in [3.8, 4) is 0 Å². The van der Waals surface area contributed by atoms with Crippen LogP contribution in [0.2, 0.25) is 0 Å². The van der Waals surface area contributed by atoms with Crippen LogP contribution < -0.4 is 5.32 Å². The molecule has 29 heavy (non-hydrogen) atoms. The summed E-state index contributed by atoms with van der Waals surface area (Å²) >= 11 is 0. The monoisotopic (exact) mass is 526 g/mol. The Balaban J connectivity index is -0.000000108. The molecule has 0 heterocycles. The second-order valence-electron chi connectivity index (χ2n) is 4.38. The number of benzene rings is 1. The van der Waals surface area contributed by atoms with Crippen molar-refractivity contribution in [2.24, 2.45) is 0 Å². The SMILES string of the molecule is [CH2-]C(=O)NCCOCCOCC[18F].[CH2-]C(=O)c1ccc([18F])cc1.[CH2-]C[18F].[V].[V].[V]. The van der Waals surface area contributed by atoms with Crippen LogP contribution in [0, 0.1) is 26.6 Å². The first-order valence-electron chi connectivity index (χ1n) is 7.67. The van der Waals surface area contributed by atoms with Crippen molar-refractivity contribution in [1.29, 1.82) is 0 Å². The van der Waals surface area contributed by atoms with E-state index in [1.807, 2.05) is 0 Å². The Labute approximate surface area is 206 Å². The minimum absolute atomic E-state index is 0. The molecule has 0 unspecified atom stereocenters. The maximum absolute atomic E-state index is 12.2. The number of amides is 1. The van der Waals surface area contributed by atoms with Gasteiger partial charge in [0.2, 0.25) is 0 Å². The zero-order valence-corrected chi connectivity index (χ0v) is 20.2. The summed E-state index contributed by atoms with van der Waals surface area (Å²) in [6.07, 6.45) is 0. The maximum Gasteiger partial charge on any atom is 0.120 e. The molecule has 0 aromatic heterocycles. The van der Waals surface area contributed by atoms with Gasteiger partial charge in [-0.05, 0) is 18.8 Å². The van der Waals surface area contributed by atoms with Crippen molar-refractivity contribution in [2.45, 2.75) is 0 Å². The van der Waals surface area contributed by atoms with E-state index in [-0.39, 0.29) is 79.8 Å². The fourth-order valence-corrected chi connectivity index (χ4v) is 1.27. The first kappa shape index (κ1) is 39.1. The molecule has 0 aliphatic heterocycles. The molecule has 0 spiro atoms. The molecular weight excluding hydrogens is 501 g/mol. The number of nitrogens with one attached hydrogen (secondary N) is 1. The smallest absolute Gasteiger partial charge is 0.120 e. The first-order chi connectivity index (χ1) is 12.4. The molecule has 0 bridgehead atoms. The van der Waals surface area contributed by atoms with E-state index in [9.17, 15) is 22.8 Å². The number of hydrogen-bond acceptors (Lipinski definition) is 4. The molecule has 1 aromatic rings. The van der Waals surface area contributed by atoms with Crippen molar-refractivity contribution >= 4 is 11.7 Å². The average molecular weight is 526 g/mol. The van der Waals surface area contributed by atoms with Gasteiger partial charge in [-0.2, -0.15) is 6.92 Å². The minimum atomic E-state index is -0.500. The van der Waals surface area contributed by atoms with Gasteiger partial charge in [0.25, 0.3) is 0 Å². The zero-order chi connectivity index (χ0) is 20.2. The van der Waals surface area contributed by atoms with Crippen molar-refractivity contribution in [3.05, 3.63) is 56.4 Å². The van der Waals surface area contributed by atoms with E-state index in [1.165, 1.54) is 24.3 Å². The molecule has 1 rings (SSSR count). The van der Waals surface area contributed by atoms with Gasteiger partial charge in [0, 0.05) is 68.0 Å². The van der Waals surface area contributed by atoms with E-state index in [1.54, 1.807) is 0 Å². The number of hydrogen-bond donors (Lipinski definition) is 1. The quantitative estimate of drug-likeness (QED) is 0.306. The molecule has 0 saturated heterocycles. The Bertz CT molecular complexity index is 484. The standard InChI is InChI=1S/C8H15FNO3.C8H6FO.C2H4F.3V/c1-8(11)10-3-5-13-7-6-12-4-2-9;1-6(10)7-2-4-8(9)5-3-7;1-2-3;;;/h1-7H2,(H,10,11);2-5H,1H2;1-2H2;;;/q3*-1;;;/i2*9-1;3-1;;;. The third-order valence-corrected chi connectivity index (χ3v) is 2.33. The van der Waals surface area contributed by atoms with Crippen LogP contribution in [0.1, 0.15) is 10.4 Å². The number of ketones is 1. The average Bonchev–Trinajstić information content (AvgIpc) is 2.59. The van der Waals surface area contributed by atoms with Gasteiger partial charge in [0.15, 0.2) is 0 Å². The van der Waals surface area contributed by atoms with Crippen LogP contribution in [-0.2, 0) is 69.9 Å². The van der Waals surface area contributed by atoms with Gasteiger partial charge >= 0.3 is 0 Å². The van der Waals surface area contributed by atoms with Crippen LogP contribution in [0.15, 0.2) is 24.3 Å². The summed E-state index contributed by atoms with van der Waals surface area (Å²) in [5.41, 5.74) is 0.432. The summed E-state index contributed by atoms with van der Waals surface area (Å²) < 4.78 is 43.7. The van der Waals surface area contributed by atoms with Gasteiger partial charge in [0.05, 0.1) is 32.3 Å². The van der Waals surface area contributed by atoms with Gasteiger partial charge in [-0.25, -0.2) is 8.78 Å². The molecule has 1 aromatic carbocycles. The first-order valence-corrected chi connectivity index (χ1v) is 7.67. The Hall–Kier alpha value is -0.437. The maximum atomic E-state index is 12.2. The van der Waals surface area contributed by atoms with E-state index in [4.69, 9.17) is 9.47 Å². The Kier molecular flexibility index (Phi) is 40.1. The van der Waals surface area contributed by atoms with Gasteiger partial charge in [-0.3, -0.25) is 4.39 Å². The fourth-order valence-electron chi connectivity index (χ4n) is 1.27. The predicted octanol–water partition coefficient (Wildman–Crippen LogP) is 2.56. The number of halogens is 3. The van der Waals surface area contributed by atoms with Gasteiger partial charge < -0.3 is 38.2 Å². The number of Topliss-reactive ketones (excluding diaryl/α,β-unsaturated/α-hetero) is 1. The predicted molar refractivity (Wildman–Crippen MR) is 93.4 cm³/mol. The van der Waals surface area contributed by atoms with Crippen molar-refractivity contribution in [3.63, 3.8) is 0 Å². The molecule has 1 N–H and O–H groups in total. The second-order valence-corrected chi connectivity index (χ2v) is 4.38. The molecule has 165 valence electrons. The number of rotatable bonds is 9. The second kappa shape index (κ2) is 29.8. The largest absolute Gasteiger partial charge is 0.379 e. The van der Waals surface area contributed by atoms with Crippen LogP contribution in [0.25, 0.3) is 0 Å². The summed E-state index contributed by atoms with van der Waals surface area (Å²) in [5.74, 6) is -0.956. The Morgan fingerprint density at radius 1 is 0.897 bits per heavy atom. The molecule has 0 saturated carbocycles. The van der Waals surface area contributed by atoms with E-state index < -0.39 is 13.3 Å². The zero-order valence-electron chi connectivity index (χ0n) is 16.0. The molecule has 11 heteroatoms. The molecule has 0 aliphatic carbocycles. The van der Waals surface area contributed by atoms with Gasteiger partial charge in [-0.1, -0.05) is 0 Å². The molecular formula is C18H25F3NO4V3-3. The van der Waals surface area contributed by atoms with Crippen molar-refractivity contribution < 1.29 is 87.9 Å². The minimum Gasteiger partial charge on any atom is -0.379 e. The number of alkyl halides is 2. The van der Waals surface area contributed by atoms with E-state index >= 15 is 0 Å². The molecule has 5 nitrogen and oxygen atoms in total. The molecule has 0 fully saturated rings. The van der Waals surface area contributed by atoms with Gasteiger partial charge in [-0.15, -0.1) is 17.7 Å². The summed E-state index contributed by atoms with van der Waals surface area (Å²) in [6, 6.07) is 5.28. The summed E-state index contributed by atoms with van der Waals surface area (Å²) in [5, 5.41) is 2.47. The molecule has 0 atom stereocenters.